The Labute approximate surface area is 102 Å². The van der Waals surface area contributed by atoms with Crippen molar-refractivity contribution in [2.75, 3.05) is 0 Å². The van der Waals surface area contributed by atoms with Gasteiger partial charge in [-0.3, -0.25) is 0 Å². The summed E-state index contributed by atoms with van der Waals surface area (Å²) < 4.78 is 1.51. The minimum atomic E-state index is 0. The first kappa shape index (κ1) is 8.62. The van der Waals surface area contributed by atoms with E-state index < -0.39 is 0 Å². The third kappa shape index (κ3) is 1.15. The fraction of sp³-hybridized carbons (Fsp3) is 0.0769. The second-order valence-corrected chi connectivity index (χ2v) is 4.99. The molecular formula is C13H11Zr. The molecule has 0 aromatic heterocycles. The molecule has 0 heterocycles. The van der Waals surface area contributed by atoms with E-state index in [0.29, 0.717) is 0 Å². The number of rotatable bonds is 0. The van der Waals surface area contributed by atoms with Crippen molar-refractivity contribution >= 4 is 3.27 Å². The predicted octanol–water partition coefficient (Wildman–Crippen LogP) is 2.65. The van der Waals surface area contributed by atoms with Crippen LogP contribution in [0.5, 0.6) is 0 Å². The van der Waals surface area contributed by atoms with Crippen molar-refractivity contribution < 1.29 is 27.6 Å². The van der Waals surface area contributed by atoms with Crippen LogP contribution < -0.4 is 3.27 Å². The molecule has 2 aromatic rings. The van der Waals surface area contributed by atoms with Crippen molar-refractivity contribution in [2.24, 2.45) is 0 Å². The van der Waals surface area contributed by atoms with Crippen LogP contribution in [0.3, 0.4) is 0 Å². The Morgan fingerprint density at radius 1 is 0.929 bits per heavy atom. The Bertz CT molecular complexity index is 509. The molecule has 0 amide bonds. The Kier molecular flexibility index (Phi) is 1.95. The summed E-state index contributed by atoms with van der Waals surface area (Å²) in [7, 11) is 0. The zero-order chi connectivity index (χ0) is 9.54. The number of fused-ring (bicyclic) bond motifs is 3. The second-order valence-electron chi connectivity index (χ2n) is 3.67. The molecule has 3 rings (SSSR count). The van der Waals surface area contributed by atoms with Gasteiger partial charge < -0.3 is 2.85 Å². The van der Waals surface area contributed by atoms with Crippen LogP contribution in [0.4, 0.5) is 0 Å². The Hall–Kier alpha value is -0.677. The zero-order valence-corrected chi connectivity index (χ0v) is 10.2. The Morgan fingerprint density at radius 2 is 1.71 bits per heavy atom. The first-order valence-corrected chi connectivity index (χ1v) is 6.01. The third-order valence-corrected chi connectivity index (χ3v) is 4.00. The van der Waals surface area contributed by atoms with Crippen molar-refractivity contribution in [1.82, 2.24) is 0 Å². The standard InChI is InChI=1S/C13H9.Zr.2H/c1-3-7-12-10(5-1)9-11-6-2-4-8-13(11)12;;;/h1-5,7-8H,9H2;;;/q;+2;2*-1. The molecule has 0 fully saturated rings. The van der Waals surface area contributed by atoms with Crippen molar-refractivity contribution in [1.29, 1.82) is 0 Å². The van der Waals surface area contributed by atoms with Crippen LogP contribution in [0.1, 0.15) is 14.0 Å². The van der Waals surface area contributed by atoms with E-state index in [-0.39, 0.29) is 2.85 Å². The average Bonchev–Trinajstić information content (AvgIpc) is 2.59. The topological polar surface area (TPSA) is 0 Å². The van der Waals surface area contributed by atoms with E-state index in [2.05, 4.69) is 42.5 Å². The van der Waals surface area contributed by atoms with Crippen LogP contribution in [0.2, 0.25) is 0 Å². The minimum absolute atomic E-state index is 0. The molecular weight excluding hydrogens is 247 g/mol. The van der Waals surface area contributed by atoms with E-state index in [1.165, 1.54) is 44.7 Å². The van der Waals surface area contributed by atoms with Gasteiger partial charge >= 0.3 is 99.1 Å². The van der Waals surface area contributed by atoms with Crippen molar-refractivity contribution in [3.05, 3.63) is 53.6 Å². The zero-order valence-electron chi connectivity index (χ0n) is 9.75. The molecule has 0 aliphatic heterocycles. The molecule has 0 unspecified atom stereocenters. The van der Waals surface area contributed by atoms with Gasteiger partial charge in [0.05, 0.1) is 0 Å². The third-order valence-electron chi connectivity index (χ3n) is 2.85. The van der Waals surface area contributed by atoms with E-state index >= 15 is 0 Å². The first-order valence-electron chi connectivity index (χ1n) is 4.78. The molecule has 0 saturated heterocycles. The van der Waals surface area contributed by atoms with E-state index in [9.17, 15) is 0 Å². The summed E-state index contributed by atoms with van der Waals surface area (Å²) >= 11 is 1.52. The van der Waals surface area contributed by atoms with Crippen LogP contribution in [0.15, 0.2) is 42.5 Å². The molecule has 0 radical (unpaired) electrons. The maximum atomic E-state index is 2.24. The summed E-state index contributed by atoms with van der Waals surface area (Å²) in [6.45, 7) is 0. The molecule has 14 heavy (non-hydrogen) atoms. The molecule has 0 nitrogen and oxygen atoms in total. The van der Waals surface area contributed by atoms with Crippen LogP contribution in [-0.4, -0.2) is 0 Å². The second kappa shape index (κ2) is 3.17. The van der Waals surface area contributed by atoms with Gasteiger partial charge in [0, 0.05) is 0 Å². The van der Waals surface area contributed by atoms with E-state index in [4.69, 9.17) is 0 Å². The summed E-state index contributed by atoms with van der Waals surface area (Å²) in [5.41, 5.74) is 5.92. The Balaban J connectivity index is 0.000000640. The quantitative estimate of drug-likeness (QED) is 0.581. The normalized spacial score (nSPS) is 12.4. The average molecular weight is 258 g/mol. The Morgan fingerprint density at radius 3 is 2.64 bits per heavy atom. The molecule has 67 valence electrons. The number of hydrogen-bond acceptors (Lipinski definition) is 0. The van der Waals surface area contributed by atoms with E-state index in [0.717, 1.165) is 6.42 Å². The molecule has 0 atom stereocenters. The van der Waals surface area contributed by atoms with Gasteiger partial charge in [0.25, 0.3) is 0 Å². The summed E-state index contributed by atoms with van der Waals surface area (Å²) in [5.74, 6) is 0. The van der Waals surface area contributed by atoms with Gasteiger partial charge in [-0.15, -0.1) is 0 Å². The number of benzene rings is 2. The number of hydrogen-bond donors (Lipinski definition) is 0. The van der Waals surface area contributed by atoms with Gasteiger partial charge in [0.15, 0.2) is 0 Å². The van der Waals surface area contributed by atoms with Crippen molar-refractivity contribution in [2.45, 2.75) is 6.42 Å². The van der Waals surface area contributed by atoms with Gasteiger partial charge in [0.2, 0.25) is 0 Å². The van der Waals surface area contributed by atoms with E-state index in [1.807, 2.05) is 0 Å². The molecule has 0 bridgehead atoms. The molecule has 1 heteroatoms. The fourth-order valence-electron chi connectivity index (χ4n) is 2.16. The van der Waals surface area contributed by atoms with Crippen LogP contribution >= 0.6 is 0 Å². The van der Waals surface area contributed by atoms with Crippen LogP contribution in [0.25, 0.3) is 11.1 Å². The SMILES string of the molecule is [H-].[H-].[Zr+2][c]1cccc2c1Cc1ccccc1-2. The van der Waals surface area contributed by atoms with Crippen LogP contribution in [0, 0.1) is 0 Å². The summed E-state index contributed by atoms with van der Waals surface area (Å²) in [5, 5.41) is 0. The van der Waals surface area contributed by atoms with Gasteiger partial charge in [0.1, 0.15) is 0 Å². The molecule has 0 N–H and O–H groups in total. The molecule has 1 aliphatic carbocycles. The summed E-state index contributed by atoms with van der Waals surface area (Å²) in [4.78, 5) is 0. The monoisotopic (exact) mass is 257 g/mol. The van der Waals surface area contributed by atoms with Gasteiger partial charge in [-0.25, -0.2) is 0 Å². The summed E-state index contributed by atoms with van der Waals surface area (Å²) in [6, 6.07) is 15.4. The van der Waals surface area contributed by atoms with Gasteiger partial charge in [-0.2, -0.15) is 0 Å². The molecule has 0 saturated carbocycles. The van der Waals surface area contributed by atoms with Gasteiger partial charge in [-0.1, -0.05) is 0 Å². The van der Waals surface area contributed by atoms with Crippen molar-refractivity contribution in [3.8, 4) is 11.1 Å². The first-order chi connectivity index (χ1) is 6.86. The van der Waals surface area contributed by atoms with E-state index in [1.54, 1.807) is 5.56 Å². The predicted molar refractivity (Wildman–Crippen MR) is 56.5 cm³/mol. The van der Waals surface area contributed by atoms with Crippen LogP contribution in [-0.2, 0) is 31.1 Å². The van der Waals surface area contributed by atoms with Gasteiger partial charge in [-0.05, 0) is 0 Å². The van der Waals surface area contributed by atoms with Crippen molar-refractivity contribution in [3.63, 3.8) is 0 Å². The fourth-order valence-corrected chi connectivity index (χ4v) is 2.94. The maximum absolute atomic E-state index is 2.24. The molecule has 1 aliphatic rings. The molecule has 2 aromatic carbocycles. The molecule has 0 spiro atoms. The summed E-state index contributed by atoms with van der Waals surface area (Å²) in [6.07, 6.45) is 1.13.